The third kappa shape index (κ3) is 2.93. The molecule has 0 N–H and O–H groups in total. The number of piperidine rings is 1. The van der Waals surface area contributed by atoms with E-state index in [1.54, 1.807) is 10.4 Å². The molecule has 1 fully saturated rings. The van der Waals surface area contributed by atoms with Crippen molar-refractivity contribution in [3.8, 4) is 0 Å². The molecule has 1 saturated heterocycles. The zero-order valence-corrected chi connectivity index (χ0v) is 14.0. The van der Waals surface area contributed by atoms with E-state index in [4.69, 9.17) is 11.6 Å². The van der Waals surface area contributed by atoms with Gasteiger partial charge in [-0.25, -0.2) is 8.42 Å². The van der Waals surface area contributed by atoms with Gasteiger partial charge in [-0.3, -0.25) is 0 Å². The molecule has 0 amide bonds. The van der Waals surface area contributed by atoms with Gasteiger partial charge in [0.15, 0.2) is 0 Å². The van der Waals surface area contributed by atoms with Crippen molar-refractivity contribution in [2.24, 2.45) is 5.92 Å². The molecule has 1 aliphatic rings. The molecule has 0 unspecified atom stereocenters. The highest BCUT2D eigenvalue weighted by molar-refractivity contribution is 9.11. The van der Waals surface area contributed by atoms with E-state index in [0.717, 1.165) is 22.2 Å². The molecule has 0 aliphatic carbocycles. The lowest BCUT2D eigenvalue weighted by Gasteiger charge is -2.29. The predicted octanol–water partition coefficient (Wildman–Crippen LogP) is 3.46. The Balaban J connectivity index is 2.17. The summed E-state index contributed by atoms with van der Waals surface area (Å²) in [7, 11) is -3.32. The number of hydrogen-bond donors (Lipinski definition) is 0. The smallest absolute Gasteiger partial charge is 0.206 e. The molecule has 0 bridgehead atoms. The second kappa shape index (κ2) is 5.79. The third-order valence-corrected chi connectivity index (χ3v) is 8.14. The van der Waals surface area contributed by atoms with Crippen molar-refractivity contribution in [1.82, 2.24) is 4.31 Å². The van der Waals surface area contributed by atoms with Gasteiger partial charge in [0.05, 0.1) is 3.79 Å². The van der Waals surface area contributed by atoms with Gasteiger partial charge in [0, 0.05) is 19.0 Å². The van der Waals surface area contributed by atoms with Gasteiger partial charge in [-0.1, -0.05) is 0 Å². The summed E-state index contributed by atoms with van der Waals surface area (Å²) in [6.45, 7) is 3.06. The molecule has 2 rings (SSSR count). The van der Waals surface area contributed by atoms with E-state index < -0.39 is 10.0 Å². The predicted molar refractivity (Wildman–Crippen MR) is 79.0 cm³/mol. The summed E-state index contributed by atoms with van der Waals surface area (Å²) >= 11 is 10.5. The van der Waals surface area contributed by atoms with E-state index in [1.165, 1.54) is 11.3 Å². The Hall–Kier alpha value is 0.380. The molecule has 0 saturated carbocycles. The van der Waals surface area contributed by atoms with Crippen LogP contribution in [-0.2, 0) is 10.0 Å². The number of thiophene rings is 1. The van der Waals surface area contributed by atoms with Crippen molar-refractivity contribution in [2.75, 3.05) is 19.0 Å². The summed E-state index contributed by atoms with van der Waals surface area (Å²) in [6.07, 6.45) is 1.71. The maximum Gasteiger partial charge on any atom is 0.252 e. The highest BCUT2D eigenvalue weighted by Gasteiger charge is 2.30. The van der Waals surface area contributed by atoms with E-state index in [0.29, 0.717) is 29.1 Å². The first-order chi connectivity index (χ1) is 8.45. The largest absolute Gasteiger partial charge is 0.252 e. The van der Waals surface area contributed by atoms with Gasteiger partial charge in [0.25, 0.3) is 10.0 Å². The number of alkyl halides is 1. The van der Waals surface area contributed by atoms with Crippen LogP contribution in [0.2, 0.25) is 0 Å². The van der Waals surface area contributed by atoms with Crippen LogP contribution in [0.3, 0.4) is 0 Å². The zero-order valence-electron chi connectivity index (χ0n) is 10.0. The molecule has 7 heteroatoms. The van der Waals surface area contributed by atoms with E-state index in [1.807, 2.05) is 6.92 Å². The van der Waals surface area contributed by atoms with E-state index >= 15 is 0 Å². The SMILES string of the molecule is Cc1cc(S(=O)(=O)N2CCC(CCl)CC2)sc1Br. The lowest BCUT2D eigenvalue weighted by Crippen LogP contribution is -2.38. The van der Waals surface area contributed by atoms with Crippen LogP contribution in [0.25, 0.3) is 0 Å². The second-order valence-corrected chi connectivity index (χ2v) is 9.37. The zero-order chi connectivity index (χ0) is 13.3. The first-order valence-electron chi connectivity index (χ1n) is 5.77. The summed E-state index contributed by atoms with van der Waals surface area (Å²) < 4.78 is 27.8. The molecule has 0 aromatic carbocycles. The summed E-state index contributed by atoms with van der Waals surface area (Å²) in [5.41, 5.74) is 0.967. The van der Waals surface area contributed by atoms with Crippen molar-refractivity contribution in [3.63, 3.8) is 0 Å². The Morgan fingerprint density at radius 1 is 1.50 bits per heavy atom. The van der Waals surface area contributed by atoms with Gasteiger partial charge in [0.2, 0.25) is 0 Å². The van der Waals surface area contributed by atoms with Crippen molar-refractivity contribution in [1.29, 1.82) is 0 Å². The summed E-state index contributed by atoms with van der Waals surface area (Å²) in [4.78, 5) is 0. The Kier molecular flexibility index (Phi) is 4.75. The van der Waals surface area contributed by atoms with Crippen LogP contribution in [0, 0.1) is 12.8 Å². The lowest BCUT2D eigenvalue weighted by molar-refractivity contribution is 0.290. The van der Waals surface area contributed by atoms with E-state index in [9.17, 15) is 8.42 Å². The number of halogens is 2. The minimum absolute atomic E-state index is 0.427. The molecule has 2 heterocycles. The fourth-order valence-electron chi connectivity index (χ4n) is 1.99. The van der Waals surface area contributed by atoms with Crippen LogP contribution in [0.1, 0.15) is 18.4 Å². The fourth-order valence-corrected chi connectivity index (χ4v) is 6.15. The van der Waals surface area contributed by atoms with Gasteiger partial charge >= 0.3 is 0 Å². The van der Waals surface area contributed by atoms with Gasteiger partial charge in [0.1, 0.15) is 4.21 Å². The van der Waals surface area contributed by atoms with Crippen LogP contribution in [0.15, 0.2) is 14.1 Å². The minimum Gasteiger partial charge on any atom is -0.206 e. The van der Waals surface area contributed by atoms with Crippen molar-refractivity contribution in [2.45, 2.75) is 24.0 Å². The van der Waals surface area contributed by atoms with Crippen molar-refractivity contribution in [3.05, 3.63) is 15.4 Å². The number of nitrogens with zero attached hydrogens (tertiary/aromatic N) is 1. The van der Waals surface area contributed by atoms with E-state index in [2.05, 4.69) is 15.9 Å². The highest BCUT2D eigenvalue weighted by Crippen LogP contribution is 2.33. The highest BCUT2D eigenvalue weighted by atomic mass is 79.9. The molecule has 0 radical (unpaired) electrons. The number of rotatable bonds is 3. The second-order valence-electron chi connectivity index (χ2n) is 4.52. The minimum atomic E-state index is -3.32. The maximum absolute atomic E-state index is 12.4. The standard InChI is InChI=1S/C11H15BrClNO2S2/c1-8-6-10(17-11(8)12)18(15,16)14-4-2-9(7-13)3-5-14/h6,9H,2-5,7H2,1H3. The summed E-state index contributed by atoms with van der Waals surface area (Å²) in [5, 5.41) is 0. The molecule has 102 valence electrons. The van der Waals surface area contributed by atoms with E-state index in [-0.39, 0.29) is 0 Å². The summed E-state index contributed by atoms with van der Waals surface area (Å²) in [6, 6.07) is 1.73. The van der Waals surface area contributed by atoms with Gasteiger partial charge in [-0.05, 0) is 53.2 Å². The molecule has 1 aromatic heterocycles. The van der Waals surface area contributed by atoms with Crippen LogP contribution < -0.4 is 0 Å². The average Bonchev–Trinajstić information content (AvgIpc) is 2.70. The first-order valence-corrected chi connectivity index (χ1v) is 9.35. The normalized spacial score (nSPS) is 19.3. The Bertz CT molecular complexity index is 502. The Morgan fingerprint density at radius 2 is 2.11 bits per heavy atom. The molecule has 3 nitrogen and oxygen atoms in total. The lowest BCUT2D eigenvalue weighted by atomic mass is 10.0. The number of sulfonamides is 1. The topological polar surface area (TPSA) is 37.4 Å². The quantitative estimate of drug-likeness (QED) is 0.762. The average molecular weight is 373 g/mol. The van der Waals surface area contributed by atoms with Gasteiger partial charge in [-0.15, -0.1) is 22.9 Å². The van der Waals surface area contributed by atoms with Crippen LogP contribution in [-0.4, -0.2) is 31.7 Å². The molecule has 0 spiro atoms. The van der Waals surface area contributed by atoms with Crippen molar-refractivity contribution < 1.29 is 8.42 Å². The number of aryl methyl sites for hydroxylation is 1. The number of hydrogen-bond acceptors (Lipinski definition) is 3. The molecule has 0 atom stereocenters. The fraction of sp³-hybridized carbons (Fsp3) is 0.636. The third-order valence-electron chi connectivity index (χ3n) is 3.22. The molecular weight excluding hydrogens is 358 g/mol. The summed E-state index contributed by atoms with van der Waals surface area (Å²) in [5.74, 6) is 1.08. The van der Waals surface area contributed by atoms with Crippen LogP contribution >= 0.6 is 38.9 Å². The van der Waals surface area contributed by atoms with Crippen molar-refractivity contribution >= 4 is 48.9 Å². The monoisotopic (exact) mass is 371 g/mol. The molecule has 1 aliphatic heterocycles. The van der Waals surface area contributed by atoms with Gasteiger partial charge in [-0.2, -0.15) is 4.31 Å². The van der Waals surface area contributed by atoms with Crippen LogP contribution in [0.5, 0.6) is 0 Å². The Labute approximate surface area is 125 Å². The maximum atomic E-state index is 12.4. The first kappa shape index (κ1) is 14.8. The van der Waals surface area contributed by atoms with Gasteiger partial charge < -0.3 is 0 Å². The molecule has 1 aromatic rings. The molecule has 18 heavy (non-hydrogen) atoms. The van der Waals surface area contributed by atoms with Crippen LogP contribution in [0.4, 0.5) is 0 Å². The Morgan fingerprint density at radius 3 is 2.56 bits per heavy atom. The molecular formula is C11H15BrClNO2S2.